The van der Waals surface area contributed by atoms with Gasteiger partial charge in [0.15, 0.2) is 6.04 Å². The molecule has 4 N–H and O–H groups in total. The van der Waals surface area contributed by atoms with E-state index in [4.69, 9.17) is 5.73 Å². The minimum Gasteiger partial charge on any atom is -0.464 e. The summed E-state index contributed by atoms with van der Waals surface area (Å²) in [4.78, 5) is 23.1. The Bertz CT molecular complexity index is 630. The van der Waals surface area contributed by atoms with Crippen LogP contribution < -0.4 is 15.8 Å². The lowest BCUT2D eigenvalue weighted by Crippen LogP contribution is -2.43. The number of ether oxygens (including phenoxy) is 1. The van der Waals surface area contributed by atoms with Gasteiger partial charge in [-0.15, -0.1) is 0 Å². The summed E-state index contributed by atoms with van der Waals surface area (Å²) in [5.41, 5.74) is 5.63. The van der Waals surface area contributed by atoms with E-state index in [2.05, 4.69) is 14.8 Å². The molecule has 0 spiro atoms. The zero-order valence-electron chi connectivity index (χ0n) is 11.6. The number of rotatable bonds is 6. The first-order valence-corrected chi connectivity index (χ1v) is 7.56. The Kier molecular flexibility index (Phi) is 5.82. The van der Waals surface area contributed by atoms with E-state index in [0.717, 1.165) is 0 Å². The van der Waals surface area contributed by atoms with Gasteiger partial charge in [-0.1, -0.05) is 6.07 Å². The molecule has 9 heteroatoms. The van der Waals surface area contributed by atoms with Crippen molar-refractivity contribution in [2.45, 2.75) is 17.9 Å². The van der Waals surface area contributed by atoms with Crippen LogP contribution in [0.1, 0.15) is 6.92 Å². The molecule has 0 bridgehead atoms. The molecule has 1 aromatic rings. The first kappa shape index (κ1) is 17.1. The molecule has 0 radical (unpaired) electrons. The molecule has 0 heterocycles. The van der Waals surface area contributed by atoms with Crippen molar-refractivity contribution in [3.8, 4) is 0 Å². The second-order valence-corrected chi connectivity index (χ2v) is 5.84. The molecule has 1 rings (SSSR count). The van der Waals surface area contributed by atoms with Gasteiger partial charge in [0, 0.05) is 5.69 Å². The number of nitrogens with one attached hydrogen (secondary N) is 2. The molecule has 1 amide bonds. The van der Waals surface area contributed by atoms with Crippen LogP contribution in [0.2, 0.25) is 0 Å². The van der Waals surface area contributed by atoms with E-state index >= 15 is 0 Å². The first-order valence-electron chi connectivity index (χ1n) is 6.08. The Morgan fingerprint density at radius 1 is 1.38 bits per heavy atom. The third kappa shape index (κ3) is 4.52. The van der Waals surface area contributed by atoms with Gasteiger partial charge in [0.05, 0.1) is 11.5 Å². The lowest BCUT2D eigenvalue weighted by molar-refractivity contribution is -0.146. The van der Waals surface area contributed by atoms with Crippen LogP contribution in [0.3, 0.4) is 0 Å². The average molecular weight is 315 g/mol. The highest BCUT2D eigenvalue weighted by Crippen LogP contribution is 2.15. The summed E-state index contributed by atoms with van der Waals surface area (Å²) >= 11 is 0. The fourth-order valence-electron chi connectivity index (χ4n) is 1.42. The molecule has 0 saturated carbocycles. The predicted octanol–water partition coefficient (Wildman–Crippen LogP) is -0.576. The number of anilines is 1. The van der Waals surface area contributed by atoms with Gasteiger partial charge >= 0.3 is 5.97 Å². The van der Waals surface area contributed by atoms with Crippen LogP contribution in [0, 0.1) is 0 Å². The van der Waals surface area contributed by atoms with Crippen molar-refractivity contribution >= 4 is 27.6 Å². The molecule has 0 saturated heterocycles. The van der Waals surface area contributed by atoms with E-state index < -0.39 is 27.9 Å². The Hall–Kier alpha value is -1.97. The third-order valence-corrected chi connectivity index (χ3v) is 3.92. The first-order chi connectivity index (χ1) is 9.81. The third-order valence-electron chi connectivity index (χ3n) is 2.50. The molecular weight excluding hydrogens is 298 g/mol. The van der Waals surface area contributed by atoms with Gasteiger partial charge in [-0.25, -0.2) is 17.9 Å². The zero-order chi connectivity index (χ0) is 16.0. The molecule has 0 fully saturated rings. The van der Waals surface area contributed by atoms with Crippen LogP contribution >= 0.6 is 0 Å². The van der Waals surface area contributed by atoms with Crippen LogP contribution in [0.5, 0.6) is 0 Å². The van der Waals surface area contributed by atoms with Gasteiger partial charge in [0.2, 0.25) is 10.0 Å². The molecule has 0 aliphatic carbocycles. The van der Waals surface area contributed by atoms with Crippen LogP contribution in [-0.2, 0) is 24.3 Å². The van der Waals surface area contributed by atoms with Gasteiger partial charge in [0.1, 0.15) is 0 Å². The average Bonchev–Trinajstić information content (AvgIpc) is 2.46. The Labute approximate surface area is 122 Å². The summed E-state index contributed by atoms with van der Waals surface area (Å²) < 4.78 is 30.1. The van der Waals surface area contributed by atoms with Gasteiger partial charge in [-0.2, -0.15) is 0 Å². The Morgan fingerprint density at radius 2 is 2.05 bits per heavy atom. The van der Waals surface area contributed by atoms with Crippen molar-refractivity contribution in [1.29, 1.82) is 0 Å². The summed E-state index contributed by atoms with van der Waals surface area (Å²) in [6, 6.07) is 4.07. The number of hydrogen-bond donors (Lipinski definition) is 3. The molecule has 1 aromatic carbocycles. The highest BCUT2D eigenvalue weighted by Gasteiger charge is 2.23. The molecule has 21 heavy (non-hydrogen) atoms. The number of hydrogen-bond acceptors (Lipinski definition) is 6. The SMILES string of the molecule is CCOC(=O)C(N)C(=O)Nc1cccc(S(=O)(=O)NC)c1. The summed E-state index contributed by atoms with van der Waals surface area (Å²) in [5, 5.41) is 2.36. The van der Waals surface area contributed by atoms with E-state index in [1.807, 2.05) is 0 Å². The summed E-state index contributed by atoms with van der Waals surface area (Å²) in [7, 11) is -2.35. The van der Waals surface area contributed by atoms with Crippen molar-refractivity contribution in [3.63, 3.8) is 0 Å². The predicted molar refractivity (Wildman–Crippen MR) is 75.9 cm³/mol. The standard InChI is InChI=1S/C12H17N3O5S/c1-3-20-12(17)10(13)11(16)15-8-5-4-6-9(7-8)21(18,19)14-2/h4-7,10,14H,3,13H2,1-2H3,(H,15,16). The van der Waals surface area contributed by atoms with Gasteiger partial charge in [-0.3, -0.25) is 4.79 Å². The van der Waals surface area contributed by atoms with Gasteiger partial charge in [0.25, 0.3) is 5.91 Å². The van der Waals surface area contributed by atoms with E-state index in [1.165, 1.54) is 31.3 Å². The summed E-state index contributed by atoms with van der Waals surface area (Å²) in [6.07, 6.45) is 0. The lowest BCUT2D eigenvalue weighted by Gasteiger charge is -2.12. The number of sulfonamides is 1. The van der Waals surface area contributed by atoms with Crippen molar-refractivity contribution < 1.29 is 22.7 Å². The zero-order valence-corrected chi connectivity index (χ0v) is 12.4. The van der Waals surface area contributed by atoms with E-state index in [0.29, 0.717) is 0 Å². The summed E-state index contributed by atoms with van der Waals surface area (Å²) in [6.45, 7) is 1.70. The summed E-state index contributed by atoms with van der Waals surface area (Å²) in [5.74, 6) is -1.64. The lowest BCUT2D eigenvalue weighted by atomic mass is 10.2. The fraction of sp³-hybridized carbons (Fsp3) is 0.333. The molecule has 0 aromatic heterocycles. The molecule has 0 aliphatic heterocycles. The second-order valence-electron chi connectivity index (χ2n) is 3.95. The number of carbonyl (C=O) groups is 2. The van der Waals surface area contributed by atoms with Crippen molar-refractivity contribution in [3.05, 3.63) is 24.3 Å². The topological polar surface area (TPSA) is 128 Å². The van der Waals surface area contributed by atoms with Gasteiger partial charge in [-0.05, 0) is 32.2 Å². The smallest absolute Gasteiger partial charge is 0.332 e. The van der Waals surface area contributed by atoms with E-state index in [1.54, 1.807) is 6.92 Å². The number of esters is 1. The van der Waals surface area contributed by atoms with Crippen LogP contribution in [-0.4, -0.2) is 40.0 Å². The monoisotopic (exact) mass is 315 g/mol. The molecule has 1 unspecified atom stereocenters. The second kappa shape index (κ2) is 7.16. The molecule has 1 atom stereocenters. The molecular formula is C12H17N3O5S. The van der Waals surface area contributed by atoms with E-state index in [9.17, 15) is 18.0 Å². The Morgan fingerprint density at radius 3 is 2.62 bits per heavy atom. The fourth-order valence-corrected chi connectivity index (χ4v) is 2.19. The van der Waals surface area contributed by atoms with Crippen molar-refractivity contribution in [2.75, 3.05) is 19.0 Å². The maximum atomic E-state index is 11.8. The quantitative estimate of drug-likeness (QED) is 0.476. The number of benzene rings is 1. The number of amides is 1. The maximum Gasteiger partial charge on any atom is 0.332 e. The van der Waals surface area contributed by atoms with Crippen LogP contribution in [0.15, 0.2) is 29.2 Å². The highest BCUT2D eigenvalue weighted by atomic mass is 32.2. The van der Waals surface area contributed by atoms with Crippen LogP contribution in [0.4, 0.5) is 5.69 Å². The van der Waals surface area contributed by atoms with Crippen molar-refractivity contribution in [1.82, 2.24) is 4.72 Å². The molecule has 8 nitrogen and oxygen atoms in total. The highest BCUT2D eigenvalue weighted by molar-refractivity contribution is 7.89. The molecule has 116 valence electrons. The Balaban J connectivity index is 2.87. The van der Waals surface area contributed by atoms with Crippen LogP contribution in [0.25, 0.3) is 0 Å². The minimum atomic E-state index is -3.63. The number of carbonyl (C=O) groups excluding carboxylic acids is 2. The normalized spacial score (nSPS) is 12.5. The largest absolute Gasteiger partial charge is 0.464 e. The van der Waals surface area contributed by atoms with Gasteiger partial charge < -0.3 is 15.8 Å². The van der Waals surface area contributed by atoms with E-state index in [-0.39, 0.29) is 17.2 Å². The number of nitrogens with two attached hydrogens (primary N) is 1. The minimum absolute atomic E-state index is 0.0208. The molecule has 0 aliphatic rings. The maximum absolute atomic E-state index is 11.8. The van der Waals surface area contributed by atoms with Crippen molar-refractivity contribution in [2.24, 2.45) is 5.73 Å².